The van der Waals surface area contributed by atoms with Crippen molar-refractivity contribution in [2.24, 2.45) is 0 Å². The summed E-state index contributed by atoms with van der Waals surface area (Å²) in [7, 11) is 0. The van der Waals surface area contributed by atoms with Crippen LogP contribution in [0.1, 0.15) is 5.56 Å². The van der Waals surface area contributed by atoms with Gasteiger partial charge < -0.3 is 14.2 Å². The summed E-state index contributed by atoms with van der Waals surface area (Å²) in [4.78, 5) is 22.1. The number of benzene rings is 1. The van der Waals surface area contributed by atoms with E-state index in [1.807, 2.05) is 30.3 Å². The quantitative estimate of drug-likeness (QED) is 0.719. The Kier molecular flexibility index (Phi) is 3.72. The van der Waals surface area contributed by atoms with Crippen molar-refractivity contribution in [2.75, 3.05) is 13.2 Å². The van der Waals surface area contributed by atoms with Gasteiger partial charge in [0.25, 0.3) is 0 Å². The van der Waals surface area contributed by atoms with Crippen LogP contribution in [0.15, 0.2) is 30.3 Å². The second kappa shape index (κ2) is 5.45. The van der Waals surface area contributed by atoms with Crippen LogP contribution < -0.4 is 0 Å². The van der Waals surface area contributed by atoms with Gasteiger partial charge in [0.05, 0.1) is 13.2 Å². The minimum absolute atomic E-state index is 0.0134. The van der Waals surface area contributed by atoms with Gasteiger partial charge in [-0.15, -0.1) is 0 Å². The van der Waals surface area contributed by atoms with Gasteiger partial charge in [-0.25, -0.2) is 9.59 Å². The molecule has 90 valence electrons. The molecule has 1 aromatic carbocycles. The van der Waals surface area contributed by atoms with Crippen LogP contribution in [0.5, 0.6) is 0 Å². The summed E-state index contributed by atoms with van der Waals surface area (Å²) in [5, 5.41) is 0. The summed E-state index contributed by atoms with van der Waals surface area (Å²) >= 11 is 0. The van der Waals surface area contributed by atoms with Gasteiger partial charge in [0.2, 0.25) is 6.10 Å². The third kappa shape index (κ3) is 3.29. The molecule has 0 unspecified atom stereocenters. The standard InChI is InChI=1S/C12H12O5/c13-11-8-16-12(14)10(17-11)7-15-6-9-4-2-1-3-5-9/h1-5,10H,6-8H2/t10-/m0/s1. The number of carbonyl (C=O) groups is 2. The zero-order valence-corrected chi connectivity index (χ0v) is 9.13. The van der Waals surface area contributed by atoms with E-state index in [0.717, 1.165) is 5.56 Å². The molecule has 0 amide bonds. The largest absolute Gasteiger partial charge is 0.451 e. The van der Waals surface area contributed by atoms with Crippen molar-refractivity contribution in [1.29, 1.82) is 0 Å². The fraction of sp³-hybridized carbons (Fsp3) is 0.333. The first-order valence-electron chi connectivity index (χ1n) is 5.23. The minimum atomic E-state index is -0.944. The number of carbonyl (C=O) groups excluding carboxylic acids is 2. The molecule has 5 nitrogen and oxygen atoms in total. The molecule has 1 fully saturated rings. The molecule has 0 radical (unpaired) electrons. The first-order chi connectivity index (χ1) is 8.25. The Bertz CT molecular complexity index is 401. The second-order valence-electron chi connectivity index (χ2n) is 3.59. The number of rotatable bonds is 4. The molecule has 1 heterocycles. The van der Waals surface area contributed by atoms with Crippen LogP contribution in [0.25, 0.3) is 0 Å². The van der Waals surface area contributed by atoms with Crippen molar-refractivity contribution in [2.45, 2.75) is 12.7 Å². The summed E-state index contributed by atoms with van der Waals surface area (Å²) < 4.78 is 14.7. The Hall–Kier alpha value is -1.88. The third-order valence-electron chi connectivity index (χ3n) is 2.25. The first-order valence-corrected chi connectivity index (χ1v) is 5.23. The smallest absolute Gasteiger partial charge is 0.350 e. The van der Waals surface area contributed by atoms with Crippen molar-refractivity contribution < 1.29 is 23.8 Å². The molecular formula is C12H12O5. The lowest BCUT2D eigenvalue weighted by atomic mass is 10.2. The molecule has 0 saturated carbocycles. The van der Waals surface area contributed by atoms with E-state index < -0.39 is 18.0 Å². The topological polar surface area (TPSA) is 61.8 Å². The molecule has 0 bridgehead atoms. The van der Waals surface area contributed by atoms with Gasteiger partial charge in [0.15, 0.2) is 6.61 Å². The molecule has 1 aromatic rings. The van der Waals surface area contributed by atoms with E-state index in [0.29, 0.717) is 6.61 Å². The van der Waals surface area contributed by atoms with Crippen LogP contribution in [0.2, 0.25) is 0 Å². The Morgan fingerprint density at radius 1 is 1.24 bits per heavy atom. The number of hydrogen-bond acceptors (Lipinski definition) is 5. The SMILES string of the molecule is O=C1COC(=O)[C@H](COCc2ccccc2)O1. The summed E-state index contributed by atoms with van der Waals surface area (Å²) in [6.45, 7) is 0.0651. The third-order valence-corrected chi connectivity index (χ3v) is 2.25. The molecule has 0 N–H and O–H groups in total. The normalized spacial score (nSPS) is 19.6. The predicted molar refractivity (Wildman–Crippen MR) is 56.9 cm³/mol. The molecule has 1 atom stereocenters. The lowest BCUT2D eigenvalue weighted by Crippen LogP contribution is -2.40. The maximum absolute atomic E-state index is 11.2. The van der Waals surface area contributed by atoms with Crippen molar-refractivity contribution in [3.8, 4) is 0 Å². The van der Waals surface area contributed by atoms with Gasteiger partial charge >= 0.3 is 11.9 Å². The highest BCUT2D eigenvalue weighted by Gasteiger charge is 2.30. The zero-order valence-electron chi connectivity index (χ0n) is 9.13. The summed E-state index contributed by atoms with van der Waals surface area (Å²) in [5.41, 5.74) is 0.989. The van der Waals surface area contributed by atoms with E-state index in [2.05, 4.69) is 4.74 Å². The van der Waals surface area contributed by atoms with Gasteiger partial charge in [-0.1, -0.05) is 30.3 Å². The molecule has 1 aliphatic rings. The molecule has 17 heavy (non-hydrogen) atoms. The van der Waals surface area contributed by atoms with E-state index in [1.165, 1.54) is 0 Å². The van der Waals surface area contributed by atoms with Crippen molar-refractivity contribution in [1.82, 2.24) is 0 Å². The number of ether oxygens (including phenoxy) is 3. The first kappa shape index (κ1) is 11.6. The van der Waals surface area contributed by atoms with Gasteiger partial charge in [-0.05, 0) is 5.56 Å². The van der Waals surface area contributed by atoms with Crippen LogP contribution in [0.3, 0.4) is 0 Å². The van der Waals surface area contributed by atoms with E-state index in [1.54, 1.807) is 0 Å². The monoisotopic (exact) mass is 236 g/mol. The predicted octanol–water partition coefficient (Wildman–Crippen LogP) is 0.672. The fourth-order valence-corrected chi connectivity index (χ4v) is 1.42. The van der Waals surface area contributed by atoms with Crippen LogP contribution in [-0.4, -0.2) is 31.3 Å². The molecule has 0 aromatic heterocycles. The highest BCUT2D eigenvalue weighted by atomic mass is 16.6. The molecule has 0 spiro atoms. The highest BCUT2D eigenvalue weighted by molar-refractivity contribution is 5.85. The Morgan fingerprint density at radius 3 is 2.76 bits per heavy atom. The molecule has 1 aliphatic heterocycles. The maximum Gasteiger partial charge on any atom is 0.350 e. The van der Waals surface area contributed by atoms with Gasteiger partial charge in [0, 0.05) is 0 Å². The van der Waals surface area contributed by atoms with Crippen molar-refractivity contribution in [3.63, 3.8) is 0 Å². The Balaban J connectivity index is 1.78. The van der Waals surface area contributed by atoms with Crippen LogP contribution >= 0.6 is 0 Å². The Morgan fingerprint density at radius 2 is 2.00 bits per heavy atom. The highest BCUT2D eigenvalue weighted by Crippen LogP contribution is 2.07. The molecule has 2 rings (SSSR count). The fourth-order valence-electron chi connectivity index (χ4n) is 1.42. The van der Waals surface area contributed by atoms with Crippen LogP contribution in [0, 0.1) is 0 Å². The summed E-state index contributed by atoms with van der Waals surface area (Å²) in [6.07, 6.45) is -0.944. The van der Waals surface area contributed by atoms with E-state index in [4.69, 9.17) is 9.47 Å². The zero-order chi connectivity index (χ0) is 12.1. The Labute approximate surface area is 98.3 Å². The van der Waals surface area contributed by atoms with Crippen LogP contribution in [0.4, 0.5) is 0 Å². The second-order valence-corrected chi connectivity index (χ2v) is 3.59. The maximum atomic E-state index is 11.2. The molecule has 5 heteroatoms. The van der Waals surface area contributed by atoms with E-state index >= 15 is 0 Å². The summed E-state index contributed by atoms with van der Waals surface area (Å²) in [6, 6.07) is 9.52. The molecule has 0 aliphatic carbocycles. The lowest BCUT2D eigenvalue weighted by molar-refractivity contribution is -0.188. The van der Waals surface area contributed by atoms with Gasteiger partial charge in [-0.3, -0.25) is 0 Å². The van der Waals surface area contributed by atoms with Crippen LogP contribution in [-0.2, 0) is 30.4 Å². The minimum Gasteiger partial charge on any atom is -0.451 e. The average Bonchev–Trinajstić information content (AvgIpc) is 2.35. The number of esters is 2. The summed E-state index contributed by atoms with van der Waals surface area (Å²) in [5.74, 6) is -1.10. The van der Waals surface area contributed by atoms with E-state index in [-0.39, 0.29) is 13.2 Å². The number of cyclic esters (lactones) is 2. The molecular weight excluding hydrogens is 224 g/mol. The van der Waals surface area contributed by atoms with E-state index in [9.17, 15) is 9.59 Å². The average molecular weight is 236 g/mol. The lowest BCUT2D eigenvalue weighted by Gasteiger charge is -2.20. The van der Waals surface area contributed by atoms with Gasteiger partial charge in [0.1, 0.15) is 0 Å². The van der Waals surface area contributed by atoms with Gasteiger partial charge in [-0.2, -0.15) is 0 Å². The van der Waals surface area contributed by atoms with Crippen molar-refractivity contribution >= 4 is 11.9 Å². The number of hydrogen-bond donors (Lipinski definition) is 0. The molecule has 1 saturated heterocycles. The van der Waals surface area contributed by atoms with Crippen molar-refractivity contribution in [3.05, 3.63) is 35.9 Å².